The molecule has 0 bridgehead atoms. The Morgan fingerprint density at radius 3 is 2.57 bits per heavy atom. The molecule has 28 heavy (non-hydrogen) atoms. The van der Waals surface area contributed by atoms with E-state index in [0.717, 1.165) is 11.5 Å². The third-order valence-corrected chi connectivity index (χ3v) is 4.48. The van der Waals surface area contributed by atoms with Crippen molar-refractivity contribution in [2.75, 3.05) is 27.3 Å². The van der Waals surface area contributed by atoms with Gasteiger partial charge in [-0.1, -0.05) is 12.1 Å². The maximum atomic E-state index is 12.5. The molecule has 1 aromatic heterocycles. The Morgan fingerprint density at radius 1 is 1.11 bits per heavy atom. The zero-order chi connectivity index (χ0) is 19.9. The molecular formula is C21H23N3O4. The Kier molecular flexibility index (Phi) is 6.26. The Labute approximate surface area is 163 Å². The van der Waals surface area contributed by atoms with E-state index in [1.807, 2.05) is 30.3 Å². The van der Waals surface area contributed by atoms with E-state index in [0.29, 0.717) is 30.6 Å². The molecule has 0 atom stereocenters. The largest absolute Gasteiger partial charge is 0.497 e. The van der Waals surface area contributed by atoms with Crippen LogP contribution in [-0.4, -0.2) is 47.7 Å². The van der Waals surface area contributed by atoms with E-state index in [2.05, 4.69) is 4.98 Å². The number of rotatable bonds is 8. The molecule has 0 N–H and O–H groups in total. The Hall–Kier alpha value is -3.35. The highest BCUT2D eigenvalue weighted by atomic mass is 16.5. The molecule has 7 heteroatoms. The SMILES string of the molecule is COc1ccc(OCCN(C)C(=O)CCn2cnc3ccccc3c2=O)cc1. The number of methoxy groups -OCH3 is 1. The summed E-state index contributed by atoms with van der Waals surface area (Å²) in [6.07, 6.45) is 1.71. The van der Waals surface area contributed by atoms with E-state index in [9.17, 15) is 9.59 Å². The summed E-state index contributed by atoms with van der Waals surface area (Å²) < 4.78 is 12.2. The number of aryl methyl sites for hydroxylation is 1. The molecule has 3 aromatic rings. The van der Waals surface area contributed by atoms with Crippen molar-refractivity contribution in [2.45, 2.75) is 13.0 Å². The minimum Gasteiger partial charge on any atom is -0.497 e. The van der Waals surface area contributed by atoms with Crippen molar-refractivity contribution in [3.05, 3.63) is 65.2 Å². The Morgan fingerprint density at radius 2 is 1.82 bits per heavy atom. The van der Waals surface area contributed by atoms with Gasteiger partial charge in [-0.3, -0.25) is 14.2 Å². The van der Waals surface area contributed by atoms with Gasteiger partial charge in [0, 0.05) is 20.0 Å². The number of hydrogen-bond donors (Lipinski definition) is 0. The van der Waals surface area contributed by atoms with Gasteiger partial charge in [0.05, 0.1) is 30.9 Å². The van der Waals surface area contributed by atoms with Gasteiger partial charge in [0.25, 0.3) is 5.56 Å². The smallest absolute Gasteiger partial charge is 0.261 e. The number of amides is 1. The third-order valence-electron chi connectivity index (χ3n) is 4.48. The average molecular weight is 381 g/mol. The first-order valence-electron chi connectivity index (χ1n) is 9.03. The van der Waals surface area contributed by atoms with Gasteiger partial charge in [-0.2, -0.15) is 0 Å². The van der Waals surface area contributed by atoms with Crippen molar-refractivity contribution < 1.29 is 14.3 Å². The quantitative estimate of drug-likeness (QED) is 0.599. The number of likely N-dealkylation sites (N-methyl/N-ethyl adjacent to an activating group) is 1. The first kappa shape index (κ1) is 19.4. The van der Waals surface area contributed by atoms with Crippen molar-refractivity contribution >= 4 is 16.8 Å². The summed E-state index contributed by atoms with van der Waals surface area (Å²) in [6.45, 7) is 1.13. The van der Waals surface area contributed by atoms with E-state index >= 15 is 0 Å². The van der Waals surface area contributed by atoms with E-state index in [4.69, 9.17) is 9.47 Å². The summed E-state index contributed by atoms with van der Waals surface area (Å²) in [5.41, 5.74) is 0.520. The van der Waals surface area contributed by atoms with Gasteiger partial charge in [-0.25, -0.2) is 4.98 Å². The number of para-hydroxylation sites is 1. The van der Waals surface area contributed by atoms with Crippen LogP contribution < -0.4 is 15.0 Å². The van der Waals surface area contributed by atoms with Gasteiger partial charge in [0.2, 0.25) is 5.91 Å². The van der Waals surface area contributed by atoms with Crippen LogP contribution in [0, 0.1) is 0 Å². The van der Waals surface area contributed by atoms with Gasteiger partial charge in [-0.05, 0) is 36.4 Å². The molecule has 1 heterocycles. The third kappa shape index (κ3) is 4.68. The molecular weight excluding hydrogens is 358 g/mol. The highest BCUT2D eigenvalue weighted by Gasteiger charge is 2.10. The standard InChI is InChI=1S/C21H23N3O4/c1-23(13-14-28-17-9-7-16(27-2)8-10-17)20(25)11-12-24-15-22-19-6-4-3-5-18(19)21(24)26/h3-10,15H,11-14H2,1-2H3. The number of hydrogen-bond acceptors (Lipinski definition) is 5. The van der Waals surface area contributed by atoms with Crippen LogP contribution in [-0.2, 0) is 11.3 Å². The number of benzene rings is 2. The maximum absolute atomic E-state index is 12.5. The molecule has 2 aromatic carbocycles. The van der Waals surface area contributed by atoms with Crippen molar-refractivity contribution in [1.29, 1.82) is 0 Å². The van der Waals surface area contributed by atoms with Gasteiger partial charge >= 0.3 is 0 Å². The summed E-state index contributed by atoms with van der Waals surface area (Å²) in [6, 6.07) is 14.5. The molecule has 0 saturated heterocycles. The fourth-order valence-corrected chi connectivity index (χ4v) is 2.77. The number of nitrogens with zero attached hydrogens (tertiary/aromatic N) is 3. The highest BCUT2D eigenvalue weighted by Crippen LogP contribution is 2.16. The molecule has 3 rings (SSSR count). The fraction of sp³-hybridized carbons (Fsp3) is 0.286. The van der Waals surface area contributed by atoms with Crippen LogP contribution >= 0.6 is 0 Å². The second kappa shape index (κ2) is 9.03. The van der Waals surface area contributed by atoms with Crippen molar-refractivity contribution in [3.8, 4) is 11.5 Å². The summed E-state index contributed by atoms with van der Waals surface area (Å²) in [7, 11) is 3.33. The first-order valence-corrected chi connectivity index (χ1v) is 9.03. The monoisotopic (exact) mass is 381 g/mol. The van der Waals surface area contributed by atoms with Crippen LogP contribution in [0.15, 0.2) is 59.7 Å². The minimum absolute atomic E-state index is 0.0570. The molecule has 1 amide bonds. The molecule has 0 aliphatic rings. The van der Waals surface area contributed by atoms with Crippen molar-refractivity contribution in [1.82, 2.24) is 14.5 Å². The summed E-state index contributed by atoms with van der Waals surface area (Å²) >= 11 is 0. The number of fused-ring (bicyclic) bond motifs is 1. The maximum Gasteiger partial charge on any atom is 0.261 e. The summed E-state index contributed by atoms with van der Waals surface area (Å²) in [4.78, 5) is 30.7. The van der Waals surface area contributed by atoms with E-state index in [1.165, 1.54) is 10.9 Å². The molecule has 0 unspecified atom stereocenters. The topological polar surface area (TPSA) is 73.7 Å². The lowest BCUT2D eigenvalue weighted by Gasteiger charge is -2.18. The van der Waals surface area contributed by atoms with Crippen molar-refractivity contribution in [2.24, 2.45) is 0 Å². The molecule has 0 radical (unpaired) electrons. The van der Waals surface area contributed by atoms with E-state index < -0.39 is 0 Å². The zero-order valence-electron chi connectivity index (χ0n) is 16.0. The zero-order valence-corrected chi connectivity index (χ0v) is 16.0. The summed E-state index contributed by atoms with van der Waals surface area (Å²) in [5, 5.41) is 0.554. The van der Waals surface area contributed by atoms with E-state index in [1.54, 1.807) is 37.3 Å². The van der Waals surface area contributed by atoms with Crippen LogP contribution in [0.2, 0.25) is 0 Å². The number of aromatic nitrogens is 2. The predicted octanol–water partition coefficient (Wildman–Crippen LogP) is 2.33. The number of carbonyl (C=O) groups excluding carboxylic acids is 1. The van der Waals surface area contributed by atoms with Gasteiger partial charge in [-0.15, -0.1) is 0 Å². The van der Waals surface area contributed by atoms with Crippen LogP contribution in [0.3, 0.4) is 0 Å². The van der Waals surface area contributed by atoms with Crippen LogP contribution in [0.5, 0.6) is 11.5 Å². The second-order valence-corrected chi connectivity index (χ2v) is 6.35. The normalized spacial score (nSPS) is 10.6. The Bertz CT molecular complexity index is 998. The number of ether oxygens (including phenoxy) is 2. The average Bonchev–Trinajstić information content (AvgIpc) is 2.73. The lowest BCUT2D eigenvalue weighted by molar-refractivity contribution is -0.130. The second-order valence-electron chi connectivity index (χ2n) is 6.35. The first-order chi connectivity index (χ1) is 13.6. The minimum atomic E-state index is -0.135. The fourth-order valence-electron chi connectivity index (χ4n) is 2.77. The van der Waals surface area contributed by atoms with Crippen LogP contribution in [0.25, 0.3) is 10.9 Å². The molecule has 7 nitrogen and oxygen atoms in total. The van der Waals surface area contributed by atoms with Gasteiger partial charge in [0.15, 0.2) is 0 Å². The van der Waals surface area contributed by atoms with Gasteiger partial charge in [0.1, 0.15) is 18.1 Å². The predicted molar refractivity (Wildman–Crippen MR) is 107 cm³/mol. The van der Waals surface area contributed by atoms with E-state index in [-0.39, 0.29) is 17.9 Å². The van der Waals surface area contributed by atoms with Crippen LogP contribution in [0.1, 0.15) is 6.42 Å². The van der Waals surface area contributed by atoms with Crippen LogP contribution in [0.4, 0.5) is 0 Å². The molecule has 0 spiro atoms. The molecule has 0 saturated carbocycles. The lowest BCUT2D eigenvalue weighted by atomic mass is 10.2. The lowest BCUT2D eigenvalue weighted by Crippen LogP contribution is -2.32. The highest BCUT2D eigenvalue weighted by molar-refractivity contribution is 5.77. The molecule has 0 fully saturated rings. The molecule has 0 aliphatic carbocycles. The summed E-state index contributed by atoms with van der Waals surface area (Å²) in [5.74, 6) is 1.42. The molecule has 0 aliphatic heterocycles. The number of carbonyl (C=O) groups is 1. The van der Waals surface area contributed by atoms with Gasteiger partial charge < -0.3 is 14.4 Å². The Balaban J connectivity index is 1.49. The molecule has 146 valence electrons. The van der Waals surface area contributed by atoms with Crippen molar-refractivity contribution in [3.63, 3.8) is 0 Å².